The highest BCUT2D eigenvalue weighted by Crippen LogP contribution is 2.69. The highest BCUT2D eigenvalue weighted by molar-refractivity contribution is 5.76. The molecule has 0 spiro atoms. The molecule has 35 heavy (non-hydrogen) atoms. The highest BCUT2D eigenvalue weighted by Gasteiger charge is 2.65. The maximum absolute atomic E-state index is 14.5. The summed E-state index contributed by atoms with van der Waals surface area (Å²) in [5, 5.41) is 8.80. The van der Waals surface area contributed by atoms with Crippen LogP contribution in [0.1, 0.15) is 56.5 Å². The fraction of sp³-hybridized carbons (Fsp3) is 0.308. The van der Waals surface area contributed by atoms with E-state index in [1.54, 1.807) is 19.2 Å². The standard InChI is InChI=1S/C26H24F2N6O/c1-15(31-11-10-29-4)35-22-14-30-13-21(32-22)26-9-8-17(25(26,2)3)16-12-20(33-34-24(16)26)23-18(27)6-5-7-19(23)28/h5-7,10-14,17H,4,8-9H2,1-3H3/b11-10-,31-15+/t17-,26-/m0/s1. The summed E-state index contributed by atoms with van der Waals surface area (Å²) in [7, 11) is 0. The lowest BCUT2D eigenvalue weighted by Crippen LogP contribution is -2.38. The lowest BCUT2D eigenvalue weighted by molar-refractivity contribution is 0.241. The van der Waals surface area contributed by atoms with Crippen LogP contribution in [0.25, 0.3) is 11.3 Å². The SMILES string of the molecule is C=N/C=C\N=C(/C)Oc1cncc([C@@]23CC[C@@H](c4cc(-c5c(F)cccc5F)nnc42)C3(C)C)n1. The number of rotatable bonds is 5. The van der Waals surface area contributed by atoms with Crippen LogP contribution in [0.5, 0.6) is 5.88 Å². The Balaban J connectivity index is 1.59. The summed E-state index contributed by atoms with van der Waals surface area (Å²) in [5.41, 5.74) is 1.63. The van der Waals surface area contributed by atoms with Crippen LogP contribution in [0.15, 0.2) is 59.0 Å². The van der Waals surface area contributed by atoms with E-state index in [9.17, 15) is 8.78 Å². The molecule has 1 aromatic carbocycles. The summed E-state index contributed by atoms with van der Waals surface area (Å²) in [6, 6.07) is 5.56. The van der Waals surface area contributed by atoms with E-state index in [4.69, 9.17) is 9.72 Å². The lowest BCUT2D eigenvalue weighted by atomic mass is 9.66. The highest BCUT2D eigenvalue weighted by atomic mass is 19.1. The average Bonchev–Trinajstić information content (AvgIpc) is 3.20. The molecule has 2 atom stereocenters. The molecule has 9 heteroatoms. The second-order valence-electron chi connectivity index (χ2n) is 9.32. The molecule has 2 aliphatic carbocycles. The molecule has 2 aromatic heterocycles. The molecule has 2 heterocycles. The van der Waals surface area contributed by atoms with Crippen LogP contribution in [0.3, 0.4) is 0 Å². The second-order valence-corrected chi connectivity index (χ2v) is 9.32. The van der Waals surface area contributed by atoms with Crippen LogP contribution in [0, 0.1) is 17.0 Å². The Bertz CT molecular complexity index is 1370. The van der Waals surface area contributed by atoms with E-state index >= 15 is 0 Å². The van der Waals surface area contributed by atoms with Crippen molar-refractivity contribution in [1.82, 2.24) is 20.2 Å². The predicted octanol–water partition coefficient (Wildman–Crippen LogP) is 5.38. The summed E-state index contributed by atoms with van der Waals surface area (Å²) in [6.07, 6.45) is 7.87. The smallest absolute Gasteiger partial charge is 0.239 e. The zero-order valence-corrected chi connectivity index (χ0v) is 19.7. The van der Waals surface area contributed by atoms with Gasteiger partial charge >= 0.3 is 0 Å². The first-order valence-electron chi connectivity index (χ1n) is 11.3. The van der Waals surface area contributed by atoms with Crippen molar-refractivity contribution in [3.05, 3.63) is 77.6 Å². The number of hydrogen-bond donors (Lipinski definition) is 0. The van der Waals surface area contributed by atoms with Gasteiger partial charge in [-0.1, -0.05) is 19.9 Å². The fourth-order valence-corrected chi connectivity index (χ4v) is 5.72. The Morgan fingerprint density at radius 3 is 2.69 bits per heavy atom. The van der Waals surface area contributed by atoms with Gasteiger partial charge in [0.2, 0.25) is 5.88 Å². The first kappa shape index (κ1) is 22.9. The van der Waals surface area contributed by atoms with Gasteiger partial charge in [0.05, 0.1) is 34.3 Å². The van der Waals surface area contributed by atoms with E-state index in [1.165, 1.54) is 36.8 Å². The van der Waals surface area contributed by atoms with E-state index in [2.05, 4.69) is 45.7 Å². The molecular formula is C26H24F2N6O. The van der Waals surface area contributed by atoms with E-state index in [1.807, 2.05) is 0 Å². The van der Waals surface area contributed by atoms with Crippen molar-refractivity contribution in [3.8, 4) is 17.1 Å². The lowest BCUT2D eigenvalue weighted by Gasteiger charge is -2.37. The quantitative estimate of drug-likeness (QED) is 0.366. The van der Waals surface area contributed by atoms with Gasteiger partial charge in [-0.05, 0) is 54.7 Å². The molecule has 0 radical (unpaired) electrons. The van der Waals surface area contributed by atoms with E-state index in [0.717, 1.165) is 29.8 Å². The third-order valence-corrected chi connectivity index (χ3v) is 7.33. The number of fused-ring (bicyclic) bond motifs is 5. The Labute approximate surface area is 201 Å². The van der Waals surface area contributed by atoms with E-state index in [-0.39, 0.29) is 22.6 Å². The molecule has 7 nitrogen and oxygen atoms in total. The summed E-state index contributed by atoms with van der Waals surface area (Å²) < 4.78 is 34.7. The molecule has 0 aliphatic heterocycles. The topological polar surface area (TPSA) is 85.5 Å². The van der Waals surface area contributed by atoms with Crippen molar-refractivity contribution in [1.29, 1.82) is 0 Å². The zero-order chi connectivity index (χ0) is 24.8. The molecular weight excluding hydrogens is 450 g/mol. The third kappa shape index (κ3) is 3.45. The first-order valence-corrected chi connectivity index (χ1v) is 11.3. The van der Waals surface area contributed by atoms with Gasteiger partial charge in [-0.3, -0.25) is 9.98 Å². The van der Waals surface area contributed by atoms with Crippen LogP contribution >= 0.6 is 0 Å². The minimum Gasteiger partial charge on any atom is -0.423 e. The normalized spacial score (nSPS) is 22.4. The molecule has 0 amide bonds. The number of benzene rings is 1. The Morgan fingerprint density at radius 1 is 1.17 bits per heavy atom. The number of hydrogen-bond acceptors (Lipinski definition) is 7. The summed E-state index contributed by atoms with van der Waals surface area (Å²) in [4.78, 5) is 16.9. The number of nitrogens with zero attached hydrogens (tertiary/aromatic N) is 6. The molecule has 2 aliphatic rings. The molecule has 5 rings (SSSR count). The number of aliphatic imine (C=N–C) groups is 2. The van der Waals surface area contributed by atoms with Gasteiger partial charge in [-0.25, -0.2) is 18.8 Å². The van der Waals surface area contributed by atoms with Gasteiger partial charge in [-0.2, -0.15) is 5.10 Å². The van der Waals surface area contributed by atoms with Gasteiger partial charge in [-0.15, -0.1) is 5.10 Å². The van der Waals surface area contributed by atoms with Crippen molar-refractivity contribution in [2.45, 2.75) is 44.9 Å². The van der Waals surface area contributed by atoms with Crippen molar-refractivity contribution in [2.24, 2.45) is 15.4 Å². The first-order chi connectivity index (χ1) is 16.8. The Morgan fingerprint density at radius 2 is 1.94 bits per heavy atom. The number of aromatic nitrogens is 4. The fourth-order valence-electron chi connectivity index (χ4n) is 5.72. The largest absolute Gasteiger partial charge is 0.423 e. The summed E-state index contributed by atoms with van der Waals surface area (Å²) in [6.45, 7) is 9.41. The molecule has 0 N–H and O–H groups in total. The van der Waals surface area contributed by atoms with Gasteiger partial charge in [0, 0.05) is 25.5 Å². The van der Waals surface area contributed by atoms with Crippen LogP contribution in [0.4, 0.5) is 8.78 Å². The molecule has 3 aromatic rings. The van der Waals surface area contributed by atoms with Crippen molar-refractivity contribution >= 4 is 12.6 Å². The van der Waals surface area contributed by atoms with Crippen LogP contribution < -0.4 is 4.74 Å². The van der Waals surface area contributed by atoms with Crippen molar-refractivity contribution in [2.75, 3.05) is 0 Å². The zero-order valence-electron chi connectivity index (χ0n) is 19.7. The Hall–Kier alpha value is -3.88. The minimum atomic E-state index is -0.664. The number of ether oxygens (including phenoxy) is 1. The van der Waals surface area contributed by atoms with Crippen LogP contribution in [-0.2, 0) is 5.41 Å². The number of halogens is 2. The predicted molar refractivity (Wildman–Crippen MR) is 128 cm³/mol. The maximum atomic E-state index is 14.5. The molecule has 0 unspecified atom stereocenters. The maximum Gasteiger partial charge on any atom is 0.239 e. The summed E-state index contributed by atoms with van der Waals surface area (Å²) >= 11 is 0. The van der Waals surface area contributed by atoms with Crippen molar-refractivity contribution in [3.63, 3.8) is 0 Å². The molecule has 2 bridgehead atoms. The molecule has 178 valence electrons. The molecule has 1 saturated carbocycles. The minimum absolute atomic E-state index is 0.132. The van der Waals surface area contributed by atoms with Crippen LogP contribution in [0.2, 0.25) is 0 Å². The van der Waals surface area contributed by atoms with Gasteiger partial charge < -0.3 is 4.74 Å². The summed E-state index contributed by atoms with van der Waals surface area (Å²) in [5.74, 6) is -0.511. The van der Waals surface area contributed by atoms with Gasteiger partial charge in [0.1, 0.15) is 11.6 Å². The molecule has 0 saturated heterocycles. The van der Waals surface area contributed by atoms with Crippen LogP contribution in [-0.4, -0.2) is 32.8 Å². The molecule has 1 fully saturated rings. The van der Waals surface area contributed by atoms with Gasteiger partial charge in [0.15, 0.2) is 5.90 Å². The third-order valence-electron chi connectivity index (χ3n) is 7.33. The van der Waals surface area contributed by atoms with Gasteiger partial charge in [0.25, 0.3) is 0 Å². The van der Waals surface area contributed by atoms with E-state index < -0.39 is 17.0 Å². The van der Waals surface area contributed by atoms with Crippen molar-refractivity contribution < 1.29 is 13.5 Å². The average molecular weight is 475 g/mol. The van der Waals surface area contributed by atoms with E-state index in [0.29, 0.717) is 11.8 Å². The monoisotopic (exact) mass is 474 g/mol. The Kier molecular flexibility index (Phi) is 5.50. The second kappa shape index (κ2) is 8.41.